The summed E-state index contributed by atoms with van der Waals surface area (Å²) in [6.45, 7) is 5.36. The van der Waals surface area contributed by atoms with E-state index >= 15 is 0 Å². The molecule has 0 spiro atoms. The van der Waals surface area contributed by atoms with E-state index in [1.54, 1.807) is 26.4 Å². The number of nitrogens with one attached hydrogen (secondary N) is 2. The Balaban J connectivity index is 1.98. The summed E-state index contributed by atoms with van der Waals surface area (Å²) in [5.41, 5.74) is 2.27. The molecule has 7 heteroatoms. The van der Waals surface area contributed by atoms with Gasteiger partial charge in [0.05, 0.1) is 25.3 Å². The number of hydrogen-bond donors (Lipinski definition) is 2. The average Bonchev–Trinajstić information content (AvgIpc) is 2.66. The van der Waals surface area contributed by atoms with Crippen LogP contribution in [0.2, 0.25) is 5.02 Å². The lowest BCUT2D eigenvalue weighted by Gasteiger charge is -2.25. The second-order valence-electron chi connectivity index (χ2n) is 6.10. The number of rotatable bonds is 4. The minimum atomic E-state index is 0.133. The van der Waals surface area contributed by atoms with Crippen LogP contribution in [0.25, 0.3) is 5.70 Å². The van der Waals surface area contributed by atoms with Gasteiger partial charge in [-0.25, -0.2) is 0 Å². The van der Waals surface area contributed by atoms with E-state index in [1.807, 2.05) is 6.07 Å². The zero-order valence-electron chi connectivity index (χ0n) is 14.9. The van der Waals surface area contributed by atoms with Crippen LogP contribution in [0.5, 0.6) is 11.5 Å². The Hall–Kier alpha value is -2.31. The smallest absolute Gasteiger partial charge is 0.151 e. The molecule has 0 atom stereocenters. The van der Waals surface area contributed by atoms with Crippen LogP contribution >= 0.6 is 11.6 Å². The van der Waals surface area contributed by atoms with Crippen molar-refractivity contribution in [2.75, 3.05) is 27.4 Å². The molecule has 2 N–H and O–H groups in total. The van der Waals surface area contributed by atoms with Gasteiger partial charge in [-0.05, 0) is 30.6 Å². The molecule has 1 aromatic carbocycles. The largest absolute Gasteiger partial charge is 0.497 e. The van der Waals surface area contributed by atoms with Crippen LogP contribution in [0, 0.1) is 5.41 Å². The number of benzene rings is 1. The molecule has 0 aromatic heterocycles. The lowest BCUT2D eigenvalue weighted by molar-refractivity contribution is 0.0871. The first kappa shape index (κ1) is 18.5. The van der Waals surface area contributed by atoms with E-state index in [0.717, 1.165) is 12.8 Å². The van der Waals surface area contributed by atoms with Crippen molar-refractivity contribution in [2.24, 2.45) is 4.99 Å². The fourth-order valence-electron chi connectivity index (χ4n) is 2.90. The quantitative estimate of drug-likeness (QED) is 0.845. The van der Waals surface area contributed by atoms with Gasteiger partial charge in [0.25, 0.3) is 0 Å². The number of nitrogens with zero attached hydrogens (tertiary/aromatic N) is 1. The summed E-state index contributed by atoms with van der Waals surface area (Å²) in [5.74, 6) is 1.63. The molecule has 0 bridgehead atoms. The van der Waals surface area contributed by atoms with Crippen LogP contribution in [0.4, 0.5) is 0 Å². The van der Waals surface area contributed by atoms with E-state index in [-0.39, 0.29) is 11.8 Å². The number of methoxy groups -OCH3 is 2. The molecule has 138 valence electrons. The molecule has 0 unspecified atom stereocenters. The maximum atomic E-state index is 8.28. The maximum Gasteiger partial charge on any atom is 0.151 e. The summed E-state index contributed by atoms with van der Waals surface area (Å²) in [4.78, 5) is 4.71. The molecule has 2 aliphatic heterocycles. The Morgan fingerprint density at radius 2 is 2.00 bits per heavy atom. The molecule has 0 radical (unpaired) electrons. The highest BCUT2D eigenvalue weighted by atomic mass is 35.5. The summed E-state index contributed by atoms with van der Waals surface area (Å²) in [5, 5.41) is 12.0. The van der Waals surface area contributed by atoms with Crippen LogP contribution in [0.1, 0.15) is 18.4 Å². The van der Waals surface area contributed by atoms with Crippen LogP contribution < -0.4 is 14.8 Å². The Kier molecular flexibility index (Phi) is 5.64. The molecule has 2 heterocycles. The number of aliphatic imine (C=N–C) groups is 1. The van der Waals surface area contributed by atoms with Crippen molar-refractivity contribution in [1.29, 1.82) is 5.41 Å². The van der Waals surface area contributed by atoms with Gasteiger partial charge in [0, 0.05) is 30.5 Å². The van der Waals surface area contributed by atoms with Gasteiger partial charge in [-0.15, -0.1) is 0 Å². The number of hydrogen-bond acceptors (Lipinski definition) is 5. The van der Waals surface area contributed by atoms with Crippen LogP contribution in [0.3, 0.4) is 0 Å². The molecular formula is C19H22ClN3O3. The second-order valence-corrected chi connectivity index (χ2v) is 6.47. The highest BCUT2D eigenvalue weighted by molar-refractivity contribution is 6.49. The van der Waals surface area contributed by atoms with Crippen LogP contribution in [-0.2, 0) is 4.74 Å². The number of amidine groups is 1. The van der Waals surface area contributed by atoms with Gasteiger partial charge in [0.15, 0.2) is 5.84 Å². The molecule has 6 nitrogen and oxygen atoms in total. The van der Waals surface area contributed by atoms with Crippen molar-refractivity contribution in [3.63, 3.8) is 0 Å². The molecule has 1 saturated heterocycles. The lowest BCUT2D eigenvalue weighted by Crippen LogP contribution is -2.36. The molecule has 0 saturated carbocycles. The third-order valence-electron chi connectivity index (χ3n) is 4.39. The summed E-state index contributed by atoms with van der Waals surface area (Å²) in [6.07, 6.45) is 3.47. The summed E-state index contributed by atoms with van der Waals surface area (Å²) in [7, 11) is 3.14. The summed E-state index contributed by atoms with van der Waals surface area (Å²) < 4.78 is 16.1. The van der Waals surface area contributed by atoms with E-state index in [2.05, 4.69) is 11.9 Å². The Labute approximate surface area is 158 Å². The molecule has 3 rings (SSSR count). The first-order valence-electron chi connectivity index (χ1n) is 8.37. The highest BCUT2D eigenvalue weighted by Gasteiger charge is 2.24. The maximum absolute atomic E-state index is 8.28. The van der Waals surface area contributed by atoms with E-state index in [4.69, 9.17) is 36.2 Å². The predicted octanol–water partition coefficient (Wildman–Crippen LogP) is 3.45. The highest BCUT2D eigenvalue weighted by Crippen LogP contribution is 2.37. The van der Waals surface area contributed by atoms with Crippen molar-refractivity contribution in [3.05, 3.63) is 40.9 Å². The Morgan fingerprint density at radius 1 is 1.27 bits per heavy atom. The third-order valence-corrected chi connectivity index (χ3v) is 4.78. The number of halogens is 1. The normalized spacial score (nSPS) is 20.0. The second kappa shape index (κ2) is 7.93. The molecule has 0 aliphatic carbocycles. The standard InChI is InChI=1S/C19H22ClN3O3/c1-11-8-15(14-9-13(24-2)10-16(25-3)17(14)20)23-19(18(11)21)22-12-4-6-26-7-5-12/h8-10,12,21H,1,4-7H2,2-3H3,(H,22,23). The van der Waals surface area contributed by atoms with Crippen LogP contribution in [-0.4, -0.2) is 45.0 Å². The monoisotopic (exact) mass is 375 g/mol. The fourth-order valence-corrected chi connectivity index (χ4v) is 3.19. The van der Waals surface area contributed by atoms with Crippen molar-refractivity contribution in [1.82, 2.24) is 5.32 Å². The molecule has 0 amide bonds. The first-order valence-corrected chi connectivity index (χ1v) is 8.75. The fraction of sp³-hybridized carbons (Fsp3) is 0.368. The molecule has 2 aliphatic rings. The number of ether oxygens (including phenoxy) is 3. The van der Waals surface area contributed by atoms with Gasteiger partial charge < -0.3 is 19.5 Å². The van der Waals surface area contributed by atoms with Gasteiger partial charge in [0.2, 0.25) is 0 Å². The minimum absolute atomic E-state index is 0.133. The van der Waals surface area contributed by atoms with Crippen LogP contribution in [0.15, 0.2) is 35.4 Å². The number of allylic oxidation sites excluding steroid dienone is 1. The zero-order chi connectivity index (χ0) is 18.7. The molecule has 26 heavy (non-hydrogen) atoms. The van der Waals surface area contributed by atoms with Gasteiger partial charge in [-0.1, -0.05) is 18.2 Å². The average molecular weight is 376 g/mol. The van der Waals surface area contributed by atoms with Crippen molar-refractivity contribution in [2.45, 2.75) is 18.9 Å². The van der Waals surface area contributed by atoms with E-state index in [0.29, 0.717) is 52.4 Å². The molecule has 1 fully saturated rings. The molecular weight excluding hydrogens is 354 g/mol. The van der Waals surface area contributed by atoms with Gasteiger partial charge in [0.1, 0.15) is 17.2 Å². The van der Waals surface area contributed by atoms with Crippen molar-refractivity contribution >= 4 is 28.8 Å². The Morgan fingerprint density at radius 3 is 2.65 bits per heavy atom. The Bertz CT molecular complexity index is 795. The van der Waals surface area contributed by atoms with Crippen molar-refractivity contribution in [3.8, 4) is 11.5 Å². The van der Waals surface area contributed by atoms with Gasteiger partial charge in [-0.2, -0.15) is 0 Å². The molecule has 1 aromatic rings. The first-order chi connectivity index (χ1) is 12.5. The summed E-state index contributed by atoms with van der Waals surface area (Å²) >= 11 is 6.49. The van der Waals surface area contributed by atoms with Gasteiger partial charge >= 0.3 is 0 Å². The lowest BCUT2D eigenvalue weighted by atomic mass is 10.0. The van der Waals surface area contributed by atoms with E-state index in [9.17, 15) is 0 Å². The zero-order valence-corrected chi connectivity index (χ0v) is 15.7. The summed E-state index contributed by atoms with van der Waals surface area (Å²) in [6, 6.07) is 3.68. The van der Waals surface area contributed by atoms with E-state index < -0.39 is 0 Å². The third kappa shape index (κ3) is 3.76. The van der Waals surface area contributed by atoms with Gasteiger partial charge in [-0.3, -0.25) is 10.4 Å². The van der Waals surface area contributed by atoms with E-state index in [1.165, 1.54) is 0 Å². The SMILES string of the molecule is C=C1C=C(c2cc(OC)cc(OC)c2Cl)NC(=NC2CCOCC2)C1=N. The topological polar surface area (TPSA) is 75.9 Å². The predicted molar refractivity (Wildman–Crippen MR) is 104 cm³/mol. The van der Waals surface area contributed by atoms with Crippen molar-refractivity contribution < 1.29 is 14.2 Å². The minimum Gasteiger partial charge on any atom is -0.497 e.